The van der Waals surface area contributed by atoms with Crippen molar-refractivity contribution in [1.82, 2.24) is 5.01 Å². The summed E-state index contributed by atoms with van der Waals surface area (Å²) in [7, 11) is 0. The second-order valence-corrected chi connectivity index (χ2v) is 10.7. The Morgan fingerprint density at radius 3 is 2.53 bits per heavy atom. The summed E-state index contributed by atoms with van der Waals surface area (Å²) in [5.74, 6) is 0.703. The Kier molecular flexibility index (Phi) is 8.87. The number of hydrazone groups is 1. The molecule has 0 spiro atoms. The average Bonchev–Trinajstić information content (AvgIpc) is 3.09. The summed E-state index contributed by atoms with van der Waals surface area (Å²) in [5.41, 5.74) is 1.26. The minimum Gasteiger partial charge on any atom is -0.324 e. The lowest BCUT2D eigenvalue weighted by molar-refractivity contribution is -0.139. The van der Waals surface area contributed by atoms with Gasteiger partial charge >= 0.3 is 6.18 Å². The molecule has 3 rings (SSSR count). The van der Waals surface area contributed by atoms with E-state index in [9.17, 15) is 18.0 Å². The van der Waals surface area contributed by atoms with Crippen LogP contribution in [0.25, 0.3) is 0 Å². The van der Waals surface area contributed by atoms with Crippen LogP contribution in [-0.2, 0) is 11.0 Å². The number of rotatable bonds is 9. The Labute approximate surface area is 211 Å². The minimum absolute atomic E-state index is 0.00479. The quantitative estimate of drug-likeness (QED) is 0.284. The molecule has 1 heterocycles. The highest BCUT2D eigenvalue weighted by Gasteiger charge is 2.39. The second kappa shape index (κ2) is 11.3. The molecule has 184 valence electrons. The minimum atomic E-state index is -4.44. The van der Waals surface area contributed by atoms with Crippen molar-refractivity contribution < 1.29 is 18.0 Å². The zero-order chi connectivity index (χ0) is 24.9. The van der Waals surface area contributed by atoms with Gasteiger partial charge in [-0.15, -0.1) is 11.8 Å². The fourth-order valence-electron chi connectivity index (χ4n) is 4.05. The first-order chi connectivity index (χ1) is 16.1. The maximum absolute atomic E-state index is 13.2. The Hall–Kier alpha value is -1.84. The van der Waals surface area contributed by atoms with Crippen molar-refractivity contribution >= 4 is 52.4 Å². The number of nitrogens with zero attached hydrogens (tertiary/aromatic N) is 2. The van der Waals surface area contributed by atoms with E-state index in [2.05, 4.69) is 18.5 Å². The largest absolute Gasteiger partial charge is 0.417 e. The van der Waals surface area contributed by atoms with Crippen LogP contribution in [0, 0.1) is 5.41 Å². The molecule has 0 fully saturated rings. The number of anilines is 1. The molecular weight excluding hydrogens is 503 g/mol. The van der Waals surface area contributed by atoms with E-state index >= 15 is 0 Å². The molecule has 0 saturated carbocycles. The number of benzene rings is 2. The standard InChI is InChI=1S/C24H27ClF3N3OS2/c1-23(11-4-12-33-2)15-31(30-22(23)16-5-7-17(25)8-6-16)14-21(32)29-18-9-10-19(24(26,27)28)20(13-18)34-3/h5-10,13H,4,11-12,14-15H2,1-3H3,(H,29,32). The lowest BCUT2D eigenvalue weighted by Crippen LogP contribution is -2.34. The van der Waals surface area contributed by atoms with Crippen molar-refractivity contribution in [2.75, 3.05) is 36.7 Å². The van der Waals surface area contributed by atoms with Crippen LogP contribution in [0.5, 0.6) is 0 Å². The van der Waals surface area contributed by atoms with E-state index < -0.39 is 11.7 Å². The Morgan fingerprint density at radius 1 is 1.21 bits per heavy atom. The van der Waals surface area contributed by atoms with E-state index in [-0.39, 0.29) is 22.8 Å². The van der Waals surface area contributed by atoms with Gasteiger partial charge in [0, 0.05) is 27.6 Å². The van der Waals surface area contributed by atoms with Crippen LogP contribution in [0.3, 0.4) is 0 Å². The number of halogens is 4. The Balaban J connectivity index is 1.75. The number of nitrogens with one attached hydrogen (secondary N) is 1. The zero-order valence-corrected chi connectivity index (χ0v) is 21.6. The van der Waals surface area contributed by atoms with Crippen LogP contribution in [0.15, 0.2) is 52.5 Å². The number of hydrogen-bond acceptors (Lipinski definition) is 5. The molecule has 1 atom stereocenters. The van der Waals surface area contributed by atoms with Crippen LogP contribution < -0.4 is 5.32 Å². The first kappa shape index (κ1) is 26.8. The van der Waals surface area contributed by atoms with Crippen LogP contribution in [-0.4, -0.2) is 48.0 Å². The highest BCUT2D eigenvalue weighted by Crippen LogP contribution is 2.38. The maximum atomic E-state index is 13.2. The summed E-state index contributed by atoms with van der Waals surface area (Å²) in [6.07, 6.45) is 1.15. The molecule has 1 aliphatic rings. The molecule has 1 amide bonds. The van der Waals surface area contributed by atoms with Gasteiger partial charge in [-0.25, -0.2) is 0 Å². The fraction of sp³-hybridized carbons (Fsp3) is 0.417. The van der Waals surface area contributed by atoms with Gasteiger partial charge in [0.15, 0.2) is 0 Å². The topological polar surface area (TPSA) is 44.7 Å². The highest BCUT2D eigenvalue weighted by atomic mass is 35.5. The number of amides is 1. The monoisotopic (exact) mass is 529 g/mol. The molecule has 1 aliphatic heterocycles. The third-order valence-corrected chi connectivity index (χ3v) is 7.38. The number of carbonyl (C=O) groups is 1. The third-order valence-electron chi connectivity index (χ3n) is 5.66. The lowest BCUT2D eigenvalue weighted by Gasteiger charge is -2.26. The highest BCUT2D eigenvalue weighted by molar-refractivity contribution is 7.98. The molecule has 2 aromatic rings. The van der Waals surface area contributed by atoms with Crippen LogP contribution >= 0.6 is 35.1 Å². The fourth-order valence-corrected chi connectivity index (χ4v) is 5.26. The van der Waals surface area contributed by atoms with Gasteiger partial charge in [0.2, 0.25) is 5.91 Å². The van der Waals surface area contributed by atoms with E-state index in [0.29, 0.717) is 17.3 Å². The Morgan fingerprint density at radius 2 is 1.91 bits per heavy atom. The van der Waals surface area contributed by atoms with Gasteiger partial charge in [-0.2, -0.15) is 30.0 Å². The van der Waals surface area contributed by atoms with Gasteiger partial charge in [-0.05, 0) is 67.0 Å². The Bertz CT molecular complexity index is 1050. The summed E-state index contributed by atoms with van der Waals surface area (Å²) in [5, 5.41) is 9.86. The van der Waals surface area contributed by atoms with Gasteiger partial charge in [0.25, 0.3) is 0 Å². The van der Waals surface area contributed by atoms with E-state index in [4.69, 9.17) is 16.7 Å². The van der Waals surface area contributed by atoms with Gasteiger partial charge in [0.05, 0.1) is 11.3 Å². The molecule has 34 heavy (non-hydrogen) atoms. The van der Waals surface area contributed by atoms with Crippen molar-refractivity contribution in [3.63, 3.8) is 0 Å². The van der Waals surface area contributed by atoms with E-state index in [1.54, 1.807) is 23.0 Å². The van der Waals surface area contributed by atoms with Crippen molar-refractivity contribution in [3.05, 3.63) is 58.6 Å². The first-order valence-corrected chi connectivity index (χ1v) is 13.7. The maximum Gasteiger partial charge on any atom is 0.417 e. The molecular formula is C24H27ClF3N3OS2. The van der Waals surface area contributed by atoms with Gasteiger partial charge in [0.1, 0.15) is 6.54 Å². The predicted molar refractivity (Wildman–Crippen MR) is 137 cm³/mol. The summed E-state index contributed by atoms with van der Waals surface area (Å²) in [4.78, 5) is 12.8. The molecule has 0 saturated heterocycles. The number of thioether (sulfide) groups is 2. The smallest absolute Gasteiger partial charge is 0.324 e. The first-order valence-electron chi connectivity index (χ1n) is 10.7. The van der Waals surface area contributed by atoms with E-state index in [1.165, 1.54) is 12.1 Å². The number of carbonyl (C=O) groups excluding carboxylic acids is 1. The average molecular weight is 530 g/mol. The molecule has 0 aromatic heterocycles. The molecule has 1 unspecified atom stereocenters. The normalized spacial score (nSPS) is 18.2. The third kappa shape index (κ3) is 6.64. The summed E-state index contributed by atoms with van der Waals surface area (Å²) < 4.78 is 39.5. The molecule has 1 N–H and O–H groups in total. The van der Waals surface area contributed by atoms with Crippen molar-refractivity contribution in [1.29, 1.82) is 0 Å². The number of hydrogen-bond donors (Lipinski definition) is 1. The summed E-state index contributed by atoms with van der Waals surface area (Å²) in [6.45, 7) is 2.74. The van der Waals surface area contributed by atoms with Crippen LogP contribution in [0.4, 0.5) is 18.9 Å². The molecule has 0 aliphatic carbocycles. The second-order valence-electron chi connectivity index (χ2n) is 8.40. The van der Waals surface area contributed by atoms with Crippen molar-refractivity contribution in [2.45, 2.75) is 30.8 Å². The van der Waals surface area contributed by atoms with Crippen molar-refractivity contribution in [3.8, 4) is 0 Å². The molecule has 10 heteroatoms. The van der Waals surface area contributed by atoms with Crippen LogP contribution in [0.2, 0.25) is 5.02 Å². The summed E-state index contributed by atoms with van der Waals surface area (Å²) >= 11 is 8.84. The number of alkyl halides is 3. The van der Waals surface area contributed by atoms with Crippen LogP contribution in [0.1, 0.15) is 30.9 Å². The zero-order valence-electron chi connectivity index (χ0n) is 19.2. The molecule has 2 aromatic carbocycles. The molecule has 0 radical (unpaired) electrons. The SMILES string of the molecule is CSCCCC1(C)CN(CC(=O)Nc2ccc(C(F)(F)F)c(SC)c2)N=C1c1ccc(Cl)cc1. The van der Waals surface area contributed by atoms with Gasteiger partial charge < -0.3 is 5.32 Å². The predicted octanol–water partition coefficient (Wildman–Crippen LogP) is 6.89. The van der Waals surface area contributed by atoms with Crippen molar-refractivity contribution in [2.24, 2.45) is 10.5 Å². The van der Waals surface area contributed by atoms with Gasteiger partial charge in [-0.3, -0.25) is 9.80 Å². The lowest BCUT2D eigenvalue weighted by atomic mass is 9.78. The van der Waals surface area contributed by atoms with E-state index in [0.717, 1.165) is 47.7 Å². The van der Waals surface area contributed by atoms with Gasteiger partial charge in [-0.1, -0.05) is 30.7 Å². The summed E-state index contributed by atoms with van der Waals surface area (Å²) in [6, 6.07) is 11.1. The molecule has 4 nitrogen and oxygen atoms in total. The molecule has 0 bridgehead atoms. The van der Waals surface area contributed by atoms with E-state index in [1.807, 2.05) is 24.3 Å².